The molecule has 2 aromatic heterocycles. The number of thiophene rings is 1. The van der Waals surface area contributed by atoms with E-state index in [0.717, 1.165) is 6.04 Å². The van der Waals surface area contributed by atoms with Gasteiger partial charge in [-0.2, -0.15) is 0 Å². The van der Waals surface area contributed by atoms with Crippen molar-refractivity contribution in [3.05, 3.63) is 53.4 Å². The highest BCUT2D eigenvalue weighted by molar-refractivity contribution is 7.17. The summed E-state index contributed by atoms with van der Waals surface area (Å²) in [4.78, 5) is 23.2. The summed E-state index contributed by atoms with van der Waals surface area (Å²) >= 11 is 1.79. The number of hydrogen-bond donors (Lipinski definition) is 1. The van der Waals surface area contributed by atoms with Gasteiger partial charge in [0.15, 0.2) is 0 Å². The van der Waals surface area contributed by atoms with E-state index in [0.29, 0.717) is 17.2 Å². The molecule has 5 nitrogen and oxygen atoms in total. The van der Waals surface area contributed by atoms with Crippen LogP contribution in [0.4, 0.5) is 5.69 Å². The van der Waals surface area contributed by atoms with E-state index in [9.17, 15) is 4.79 Å². The molecule has 2 aliphatic rings. The number of carbonyl (C=O) groups is 1. The van der Waals surface area contributed by atoms with Gasteiger partial charge in [0.05, 0.1) is 18.1 Å². The lowest BCUT2D eigenvalue weighted by Gasteiger charge is -2.34. The zero-order chi connectivity index (χ0) is 18.2. The molecule has 2 fully saturated rings. The molecule has 138 valence electrons. The number of piperidine rings is 1. The summed E-state index contributed by atoms with van der Waals surface area (Å²) in [5, 5.41) is 6.43. The number of aromatic nitrogens is 2. The number of carbonyl (C=O) groups excluding carboxylic acids is 1. The summed E-state index contributed by atoms with van der Waals surface area (Å²) in [6.07, 6.45) is 9.82. The maximum atomic E-state index is 12.6. The third-order valence-electron chi connectivity index (χ3n) is 5.94. The molecule has 2 atom stereocenters. The molecule has 0 bridgehead atoms. The van der Waals surface area contributed by atoms with Gasteiger partial charge in [0.25, 0.3) is 5.91 Å². The quantitative estimate of drug-likeness (QED) is 0.739. The summed E-state index contributed by atoms with van der Waals surface area (Å²) in [6, 6.07) is 6.79. The van der Waals surface area contributed by atoms with Gasteiger partial charge in [-0.1, -0.05) is 0 Å². The Morgan fingerprint density at radius 3 is 2.96 bits per heavy atom. The zero-order valence-electron chi connectivity index (χ0n) is 15.1. The molecule has 1 N–H and O–H groups in total. The van der Waals surface area contributed by atoms with Crippen molar-refractivity contribution in [2.24, 2.45) is 0 Å². The van der Waals surface area contributed by atoms with E-state index in [1.807, 2.05) is 6.07 Å². The van der Waals surface area contributed by atoms with E-state index >= 15 is 0 Å². The van der Waals surface area contributed by atoms with E-state index in [2.05, 4.69) is 37.7 Å². The molecule has 2 aliphatic heterocycles. The van der Waals surface area contributed by atoms with Crippen LogP contribution in [0.5, 0.6) is 0 Å². The van der Waals surface area contributed by atoms with Crippen LogP contribution < -0.4 is 5.32 Å². The third-order valence-corrected chi connectivity index (χ3v) is 6.93. The first-order chi connectivity index (χ1) is 13.3. The molecule has 2 unspecified atom stereocenters. The highest BCUT2D eigenvalue weighted by Crippen LogP contribution is 2.41. The Morgan fingerprint density at radius 1 is 1.19 bits per heavy atom. The fraction of sp³-hybridized carbons (Fsp3) is 0.381. The van der Waals surface area contributed by atoms with Gasteiger partial charge < -0.3 is 10.2 Å². The second kappa shape index (κ2) is 7.02. The molecule has 4 heterocycles. The minimum absolute atomic E-state index is 0.116. The van der Waals surface area contributed by atoms with Gasteiger partial charge in [0, 0.05) is 16.3 Å². The Hall–Kier alpha value is -2.31. The van der Waals surface area contributed by atoms with Crippen molar-refractivity contribution < 1.29 is 4.79 Å². The second-order valence-electron chi connectivity index (χ2n) is 7.54. The van der Waals surface area contributed by atoms with E-state index in [-0.39, 0.29) is 5.91 Å². The number of nitrogens with zero attached hydrogens (tertiary/aromatic N) is 3. The zero-order valence-corrected chi connectivity index (χ0v) is 15.9. The highest BCUT2D eigenvalue weighted by Gasteiger charge is 2.33. The standard InChI is InChI=1S/C21H22N4OS/c26-21(24-16-10-22-13-23-11-16)15-3-4-20-18(9-15)19(12-27-20)14-5-7-25-6-1-2-17(25)8-14/h3-4,9-14,17H,1-2,5-8H2,(H,24,26). The summed E-state index contributed by atoms with van der Waals surface area (Å²) in [5.41, 5.74) is 2.73. The Morgan fingerprint density at radius 2 is 2.07 bits per heavy atom. The molecule has 6 heteroatoms. The van der Waals surface area contributed by atoms with E-state index in [1.165, 1.54) is 60.7 Å². The SMILES string of the molecule is O=C(Nc1cncnc1)c1ccc2scc(C3CCN4CCCC4C3)c2c1. The minimum Gasteiger partial charge on any atom is -0.319 e. The van der Waals surface area contributed by atoms with E-state index < -0.39 is 0 Å². The smallest absolute Gasteiger partial charge is 0.255 e. The molecule has 0 saturated carbocycles. The molecular formula is C21H22N4OS. The fourth-order valence-electron chi connectivity index (χ4n) is 4.58. The van der Waals surface area contributed by atoms with Gasteiger partial charge >= 0.3 is 0 Å². The van der Waals surface area contributed by atoms with Gasteiger partial charge in [0.1, 0.15) is 6.33 Å². The van der Waals surface area contributed by atoms with Crippen molar-refractivity contribution in [3.63, 3.8) is 0 Å². The second-order valence-corrected chi connectivity index (χ2v) is 8.45. The Labute approximate surface area is 162 Å². The lowest BCUT2D eigenvalue weighted by atomic mass is 9.85. The van der Waals surface area contributed by atoms with Crippen molar-refractivity contribution >= 4 is 33.0 Å². The average Bonchev–Trinajstić information content (AvgIpc) is 3.34. The van der Waals surface area contributed by atoms with Crippen LogP contribution in [0.15, 0.2) is 42.3 Å². The van der Waals surface area contributed by atoms with Crippen LogP contribution in [0.3, 0.4) is 0 Å². The summed E-state index contributed by atoms with van der Waals surface area (Å²) in [7, 11) is 0. The van der Waals surface area contributed by atoms with E-state index in [1.54, 1.807) is 23.7 Å². The Balaban J connectivity index is 1.41. The predicted octanol–water partition coefficient (Wildman–Crippen LogP) is 4.29. The van der Waals surface area contributed by atoms with Crippen molar-refractivity contribution in [1.29, 1.82) is 0 Å². The van der Waals surface area contributed by atoms with Crippen molar-refractivity contribution in [3.8, 4) is 0 Å². The van der Waals surface area contributed by atoms with Crippen LogP contribution in [0, 0.1) is 0 Å². The number of nitrogens with one attached hydrogen (secondary N) is 1. The predicted molar refractivity (Wildman–Crippen MR) is 108 cm³/mol. The lowest BCUT2D eigenvalue weighted by Crippen LogP contribution is -2.37. The summed E-state index contributed by atoms with van der Waals surface area (Å²) in [6.45, 7) is 2.48. The molecule has 0 spiro atoms. The summed E-state index contributed by atoms with van der Waals surface area (Å²) in [5.74, 6) is 0.494. The van der Waals surface area contributed by atoms with Crippen LogP contribution in [0.25, 0.3) is 10.1 Å². The van der Waals surface area contributed by atoms with Crippen LogP contribution in [-0.2, 0) is 0 Å². The maximum absolute atomic E-state index is 12.6. The van der Waals surface area contributed by atoms with Gasteiger partial charge in [-0.25, -0.2) is 9.97 Å². The van der Waals surface area contributed by atoms with Crippen molar-refractivity contribution in [2.45, 2.75) is 37.6 Å². The number of hydrogen-bond acceptors (Lipinski definition) is 5. The number of anilines is 1. The van der Waals surface area contributed by atoms with Crippen LogP contribution in [0.1, 0.15) is 47.5 Å². The number of fused-ring (bicyclic) bond motifs is 2. The number of benzene rings is 1. The maximum Gasteiger partial charge on any atom is 0.255 e. The highest BCUT2D eigenvalue weighted by atomic mass is 32.1. The summed E-state index contributed by atoms with van der Waals surface area (Å²) < 4.78 is 1.26. The topological polar surface area (TPSA) is 58.1 Å². The van der Waals surface area contributed by atoms with Crippen molar-refractivity contribution in [1.82, 2.24) is 14.9 Å². The fourth-order valence-corrected chi connectivity index (χ4v) is 5.60. The molecule has 1 aromatic carbocycles. The molecule has 2 saturated heterocycles. The van der Waals surface area contributed by atoms with E-state index in [4.69, 9.17) is 0 Å². The molecular weight excluding hydrogens is 356 g/mol. The first-order valence-electron chi connectivity index (χ1n) is 9.59. The van der Waals surface area contributed by atoms with Gasteiger partial charge in [-0.15, -0.1) is 11.3 Å². The van der Waals surface area contributed by atoms with Crippen LogP contribution in [-0.4, -0.2) is 39.9 Å². The number of rotatable bonds is 3. The average molecular weight is 379 g/mol. The molecule has 1 amide bonds. The Kier molecular flexibility index (Phi) is 4.38. The molecule has 0 aliphatic carbocycles. The van der Waals surface area contributed by atoms with Crippen molar-refractivity contribution in [2.75, 3.05) is 18.4 Å². The minimum atomic E-state index is -0.116. The Bertz CT molecular complexity index is 971. The largest absolute Gasteiger partial charge is 0.319 e. The first-order valence-corrected chi connectivity index (χ1v) is 10.5. The third kappa shape index (κ3) is 3.24. The normalized spacial score (nSPS) is 22.7. The van der Waals surface area contributed by atoms with Gasteiger partial charge in [0.2, 0.25) is 0 Å². The van der Waals surface area contributed by atoms with Crippen LogP contribution >= 0.6 is 11.3 Å². The molecule has 0 radical (unpaired) electrons. The molecule has 5 rings (SSSR count). The lowest BCUT2D eigenvalue weighted by molar-refractivity contribution is 0.102. The monoisotopic (exact) mass is 378 g/mol. The number of amides is 1. The van der Waals surface area contributed by atoms with Gasteiger partial charge in [-0.3, -0.25) is 4.79 Å². The molecule has 3 aromatic rings. The first kappa shape index (κ1) is 16.8. The van der Waals surface area contributed by atoms with Gasteiger partial charge in [-0.05, 0) is 79.2 Å². The molecule has 27 heavy (non-hydrogen) atoms. The van der Waals surface area contributed by atoms with Crippen LogP contribution in [0.2, 0.25) is 0 Å².